The molecule has 9 heteroatoms. The number of non-ortho nitro benzene ring substituents is 1. The Morgan fingerprint density at radius 3 is 2.88 bits per heavy atom. The lowest BCUT2D eigenvalue weighted by Crippen LogP contribution is -2.57. The fraction of sp³-hybridized carbons (Fsp3) is 0.471. The predicted molar refractivity (Wildman–Crippen MR) is 91.4 cm³/mol. The standard InChI is InChI=1S/C17H21N3O6/c1-2-3-9-26-15(21)11-14-16(22)18-7-8-19(14)17(23)12-5-4-6-13(10-12)20(24)25/h4-6,10,14H,2-3,7-9,11H2,1H3,(H,18,22). The van der Waals surface area contributed by atoms with E-state index < -0.39 is 28.7 Å². The minimum Gasteiger partial charge on any atom is -0.466 e. The van der Waals surface area contributed by atoms with Crippen LogP contribution >= 0.6 is 0 Å². The molecule has 0 aromatic heterocycles. The van der Waals surface area contributed by atoms with Crippen LogP contribution in [0.25, 0.3) is 0 Å². The van der Waals surface area contributed by atoms with Gasteiger partial charge in [-0.2, -0.15) is 0 Å². The molecule has 9 nitrogen and oxygen atoms in total. The molecule has 1 aromatic rings. The summed E-state index contributed by atoms with van der Waals surface area (Å²) in [6.45, 7) is 2.69. The molecule has 1 saturated heterocycles. The number of unbranched alkanes of at least 4 members (excludes halogenated alkanes) is 1. The van der Waals surface area contributed by atoms with Crippen molar-refractivity contribution in [2.24, 2.45) is 0 Å². The fourth-order valence-corrected chi connectivity index (χ4v) is 2.63. The van der Waals surface area contributed by atoms with Crippen LogP contribution in [0.4, 0.5) is 5.69 Å². The van der Waals surface area contributed by atoms with Crippen LogP contribution in [0.15, 0.2) is 24.3 Å². The minimum absolute atomic E-state index is 0.0956. The summed E-state index contributed by atoms with van der Waals surface area (Å²) >= 11 is 0. The predicted octanol–water partition coefficient (Wildman–Crippen LogP) is 1.27. The Bertz CT molecular complexity index is 705. The van der Waals surface area contributed by atoms with Crippen molar-refractivity contribution in [1.82, 2.24) is 10.2 Å². The average Bonchev–Trinajstić information content (AvgIpc) is 2.63. The minimum atomic E-state index is -0.996. The number of hydrogen-bond acceptors (Lipinski definition) is 6. The third-order valence-corrected chi connectivity index (χ3v) is 4.02. The molecule has 1 heterocycles. The van der Waals surface area contributed by atoms with E-state index >= 15 is 0 Å². The van der Waals surface area contributed by atoms with E-state index in [1.807, 2.05) is 6.92 Å². The number of nitrogens with zero attached hydrogens (tertiary/aromatic N) is 2. The molecular formula is C17H21N3O6. The summed E-state index contributed by atoms with van der Waals surface area (Å²) in [5.74, 6) is -1.53. The van der Waals surface area contributed by atoms with Crippen molar-refractivity contribution >= 4 is 23.5 Å². The molecule has 2 amide bonds. The number of nitrogens with one attached hydrogen (secondary N) is 1. The highest BCUT2D eigenvalue weighted by molar-refractivity contribution is 5.99. The SMILES string of the molecule is CCCCOC(=O)CC1C(=O)NCCN1C(=O)c1cccc([N+](=O)[O-])c1. The molecule has 1 aliphatic rings. The van der Waals surface area contributed by atoms with Crippen LogP contribution < -0.4 is 5.32 Å². The first kappa shape index (κ1) is 19.4. The van der Waals surface area contributed by atoms with Crippen molar-refractivity contribution in [3.05, 3.63) is 39.9 Å². The Balaban J connectivity index is 2.14. The number of benzene rings is 1. The first-order valence-electron chi connectivity index (χ1n) is 8.42. The van der Waals surface area contributed by atoms with Gasteiger partial charge in [-0.1, -0.05) is 19.4 Å². The van der Waals surface area contributed by atoms with Gasteiger partial charge >= 0.3 is 5.97 Å². The molecule has 1 unspecified atom stereocenters. The van der Waals surface area contributed by atoms with Crippen molar-refractivity contribution in [3.8, 4) is 0 Å². The van der Waals surface area contributed by atoms with E-state index in [0.717, 1.165) is 18.9 Å². The Hall–Kier alpha value is -2.97. The molecule has 1 aromatic carbocycles. The monoisotopic (exact) mass is 363 g/mol. The molecule has 140 valence electrons. The molecule has 1 atom stereocenters. The Morgan fingerprint density at radius 1 is 1.42 bits per heavy atom. The van der Waals surface area contributed by atoms with E-state index in [0.29, 0.717) is 0 Å². The first-order chi connectivity index (χ1) is 12.4. The van der Waals surface area contributed by atoms with Crippen LogP contribution in [-0.2, 0) is 14.3 Å². The van der Waals surface area contributed by atoms with Crippen molar-refractivity contribution in [1.29, 1.82) is 0 Å². The zero-order valence-corrected chi connectivity index (χ0v) is 14.5. The number of rotatable bonds is 7. The maximum atomic E-state index is 12.7. The Labute approximate surface area is 150 Å². The van der Waals surface area contributed by atoms with Crippen LogP contribution in [0.3, 0.4) is 0 Å². The van der Waals surface area contributed by atoms with Crippen LogP contribution in [-0.4, -0.2) is 53.3 Å². The molecular weight excluding hydrogens is 342 g/mol. The zero-order valence-electron chi connectivity index (χ0n) is 14.5. The highest BCUT2D eigenvalue weighted by Crippen LogP contribution is 2.18. The highest BCUT2D eigenvalue weighted by atomic mass is 16.6. The maximum absolute atomic E-state index is 12.7. The van der Waals surface area contributed by atoms with Gasteiger partial charge in [0.25, 0.3) is 11.6 Å². The van der Waals surface area contributed by atoms with E-state index in [4.69, 9.17) is 4.74 Å². The maximum Gasteiger partial charge on any atom is 0.308 e. The van der Waals surface area contributed by atoms with Gasteiger partial charge in [-0.3, -0.25) is 24.5 Å². The van der Waals surface area contributed by atoms with Gasteiger partial charge in [0.05, 0.1) is 18.0 Å². The van der Waals surface area contributed by atoms with Crippen LogP contribution in [0.2, 0.25) is 0 Å². The second-order valence-electron chi connectivity index (χ2n) is 5.89. The molecule has 0 spiro atoms. The van der Waals surface area contributed by atoms with Gasteiger partial charge in [0.15, 0.2) is 0 Å². The first-order valence-corrected chi connectivity index (χ1v) is 8.42. The number of hydrogen-bond donors (Lipinski definition) is 1. The second-order valence-corrected chi connectivity index (χ2v) is 5.89. The molecule has 0 aliphatic carbocycles. The number of nitro benzene ring substituents is 1. The lowest BCUT2D eigenvalue weighted by atomic mass is 10.1. The van der Waals surface area contributed by atoms with Crippen molar-refractivity contribution < 1.29 is 24.0 Å². The zero-order chi connectivity index (χ0) is 19.1. The quantitative estimate of drug-likeness (QED) is 0.337. The summed E-state index contributed by atoms with van der Waals surface area (Å²) in [7, 11) is 0. The number of ether oxygens (including phenoxy) is 1. The largest absolute Gasteiger partial charge is 0.466 e. The molecule has 0 radical (unpaired) electrons. The molecule has 26 heavy (non-hydrogen) atoms. The van der Waals surface area contributed by atoms with E-state index in [1.54, 1.807) is 0 Å². The van der Waals surface area contributed by atoms with Gasteiger partial charge < -0.3 is 15.0 Å². The number of piperazine rings is 1. The molecule has 0 bridgehead atoms. The van der Waals surface area contributed by atoms with Crippen molar-refractivity contribution in [2.75, 3.05) is 19.7 Å². The van der Waals surface area contributed by atoms with Crippen LogP contribution in [0.5, 0.6) is 0 Å². The van der Waals surface area contributed by atoms with E-state index in [1.165, 1.54) is 23.1 Å². The number of carbonyl (C=O) groups excluding carboxylic acids is 3. The van der Waals surface area contributed by atoms with Gasteiger partial charge in [-0.05, 0) is 12.5 Å². The Kier molecular flexibility index (Phi) is 6.65. The summed E-state index contributed by atoms with van der Waals surface area (Å²) in [4.78, 5) is 48.4. The lowest BCUT2D eigenvalue weighted by molar-refractivity contribution is -0.384. The normalized spacial score (nSPS) is 16.7. The molecule has 1 N–H and O–H groups in total. The van der Waals surface area contributed by atoms with E-state index in [-0.39, 0.29) is 37.4 Å². The van der Waals surface area contributed by atoms with Crippen LogP contribution in [0, 0.1) is 10.1 Å². The van der Waals surface area contributed by atoms with E-state index in [9.17, 15) is 24.5 Å². The molecule has 1 aliphatic heterocycles. The van der Waals surface area contributed by atoms with E-state index in [2.05, 4.69) is 5.32 Å². The number of carbonyl (C=O) groups is 3. The average molecular weight is 363 g/mol. The van der Waals surface area contributed by atoms with Crippen molar-refractivity contribution in [3.63, 3.8) is 0 Å². The summed E-state index contributed by atoms with van der Waals surface area (Å²) < 4.78 is 5.07. The Morgan fingerprint density at radius 2 is 2.19 bits per heavy atom. The summed E-state index contributed by atoms with van der Waals surface area (Å²) in [6, 6.07) is 4.29. The summed E-state index contributed by atoms with van der Waals surface area (Å²) in [5, 5.41) is 13.5. The second kappa shape index (κ2) is 8.93. The smallest absolute Gasteiger partial charge is 0.308 e. The van der Waals surface area contributed by atoms with Gasteiger partial charge in [0, 0.05) is 30.8 Å². The van der Waals surface area contributed by atoms with Crippen molar-refractivity contribution in [2.45, 2.75) is 32.2 Å². The summed E-state index contributed by atoms with van der Waals surface area (Å²) in [6.07, 6.45) is 1.34. The lowest BCUT2D eigenvalue weighted by Gasteiger charge is -2.34. The molecule has 2 rings (SSSR count). The molecule has 1 fully saturated rings. The van der Waals surface area contributed by atoms with Gasteiger partial charge in [-0.25, -0.2) is 0 Å². The number of esters is 1. The third-order valence-electron chi connectivity index (χ3n) is 4.02. The third kappa shape index (κ3) is 4.78. The van der Waals surface area contributed by atoms with Gasteiger partial charge in [-0.15, -0.1) is 0 Å². The van der Waals surface area contributed by atoms with Gasteiger partial charge in [0.2, 0.25) is 5.91 Å². The van der Waals surface area contributed by atoms with Gasteiger partial charge in [0.1, 0.15) is 6.04 Å². The molecule has 0 saturated carbocycles. The number of amides is 2. The summed E-state index contributed by atoms with van der Waals surface area (Å²) in [5.41, 5.74) is -0.119. The van der Waals surface area contributed by atoms with Crippen LogP contribution in [0.1, 0.15) is 36.5 Å². The number of nitro groups is 1. The topological polar surface area (TPSA) is 119 Å². The fourth-order valence-electron chi connectivity index (χ4n) is 2.63. The highest BCUT2D eigenvalue weighted by Gasteiger charge is 2.35.